The van der Waals surface area contributed by atoms with Gasteiger partial charge in [-0.1, -0.05) is 103 Å². The Morgan fingerprint density at radius 3 is 1.57 bits per heavy atom. The van der Waals surface area contributed by atoms with Gasteiger partial charge in [-0.2, -0.15) is 16.4 Å². The van der Waals surface area contributed by atoms with Crippen molar-refractivity contribution in [2.45, 2.75) is 122 Å². The van der Waals surface area contributed by atoms with Crippen molar-refractivity contribution in [3.8, 4) is 0 Å². The van der Waals surface area contributed by atoms with E-state index in [1.807, 2.05) is 11.8 Å². The molecule has 6 nitrogen and oxygen atoms in total. The van der Waals surface area contributed by atoms with E-state index in [1.54, 1.807) is 0 Å². The maximum Gasteiger partial charge on any atom is 0.347 e. The summed E-state index contributed by atoms with van der Waals surface area (Å²) >= 11 is 1.97. The summed E-state index contributed by atoms with van der Waals surface area (Å²) < 4.78 is 22.5. The lowest BCUT2D eigenvalue weighted by Gasteiger charge is -2.23. The van der Waals surface area contributed by atoms with Crippen LogP contribution < -0.4 is 0 Å². The van der Waals surface area contributed by atoms with Crippen molar-refractivity contribution in [1.29, 1.82) is 0 Å². The van der Waals surface area contributed by atoms with Gasteiger partial charge in [-0.15, -0.1) is 0 Å². The molecule has 0 heterocycles. The van der Waals surface area contributed by atoms with Crippen molar-refractivity contribution in [3.63, 3.8) is 0 Å². The number of hydrogen-bond acceptors (Lipinski definition) is 6. The minimum absolute atomic E-state index is 0. The molecular weight excluding hydrogens is 481 g/mol. The van der Waals surface area contributed by atoms with Gasteiger partial charge in [0.15, 0.2) is 0 Å². The Bertz CT molecular complexity index is 438. The SMILES string of the molecule is CCCCCCCCCCCCCCCCCCSCCCO[PH](=O)OOCCC[N+](C)(C)C.[OH-]. The lowest BCUT2D eigenvalue weighted by molar-refractivity contribution is -0.870. The largest absolute Gasteiger partial charge is 0.870 e. The van der Waals surface area contributed by atoms with E-state index in [0.717, 1.165) is 29.6 Å². The third kappa shape index (κ3) is 34.4. The van der Waals surface area contributed by atoms with Crippen LogP contribution in [0.5, 0.6) is 0 Å². The lowest BCUT2D eigenvalue weighted by Crippen LogP contribution is -2.35. The number of nitrogens with zero attached hydrogens (tertiary/aromatic N) is 1. The second-order valence-corrected chi connectivity index (χ2v) is 12.8. The zero-order valence-electron chi connectivity index (χ0n) is 23.7. The van der Waals surface area contributed by atoms with Gasteiger partial charge in [0.1, 0.15) is 0 Å². The Morgan fingerprint density at radius 2 is 1.09 bits per heavy atom. The maximum absolute atomic E-state index is 11.6. The summed E-state index contributed by atoms with van der Waals surface area (Å²) in [5.74, 6) is 2.28. The summed E-state index contributed by atoms with van der Waals surface area (Å²) in [5, 5.41) is 0. The Hall–Kier alpha value is 0.380. The smallest absolute Gasteiger partial charge is 0.347 e. The molecule has 0 radical (unpaired) electrons. The third-order valence-electron chi connectivity index (χ3n) is 5.98. The van der Waals surface area contributed by atoms with Crippen molar-refractivity contribution in [2.24, 2.45) is 0 Å². The van der Waals surface area contributed by atoms with Crippen LogP contribution in [0.4, 0.5) is 0 Å². The molecule has 0 bridgehead atoms. The fourth-order valence-corrected chi connectivity index (χ4v) is 5.36. The maximum atomic E-state index is 11.6. The second-order valence-electron chi connectivity index (χ2n) is 10.6. The number of hydrogen-bond donors (Lipinski definition) is 0. The van der Waals surface area contributed by atoms with Gasteiger partial charge in [0.05, 0.1) is 40.9 Å². The van der Waals surface area contributed by atoms with Crippen LogP contribution in [0.25, 0.3) is 0 Å². The minimum atomic E-state index is -2.52. The summed E-state index contributed by atoms with van der Waals surface area (Å²) in [4.78, 5) is 4.98. The molecule has 1 N–H and O–H groups in total. The first-order valence-electron chi connectivity index (χ1n) is 14.3. The van der Waals surface area contributed by atoms with Crippen LogP contribution in [0.2, 0.25) is 0 Å². The second kappa shape index (κ2) is 28.9. The highest BCUT2D eigenvalue weighted by molar-refractivity contribution is 7.99. The molecule has 0 aromatic heterocycles. The molecule has 0 aliphatic rings. The lowest BCUT2D eigenvalue weighted by atomic mass is 10.0. The van der Waals surface area contributed by atoms with Gasteiger partial charge in [-0.25, -0.2) is 4.89 Å². The first-order valence-corrected chi connectivity index (χ1v) is 16.7. The quantitative estimate of drug-likeness (QED) is 0.0324. The summed E-state index contributed by atoms with van der Waals surface area (Å²) in [5.41, 5.74) is 0. The first kappa shape index (κ1) is 37.5. The van der Waals surface area contributed by atoms with E-state index in [0.29, 0.717) is 13.2 Å². The number of thioether (sulfide) groups is 1. The fraction of sp³-hybridized carbons (Fsp3) is 1.00. The molecule has 214 valence electrons. The Labute approximate surface area is 223 Å². The molecule has 35 heavy (non-hydrogen) atoms. The van der Waals surface area contributed by atoms with Crippen molar-refractivity contribution >= 4 is 20.0 Å². The average Bonchev–Trinajstić information content (AvgIpc) is 2.79. The molecular formula is C27H60NO5PS. The van der Waals surface area contributed by atoms with E-state index >= 15 is 0 Å². The Kier molecular flexibility index (Phi) is 31.0. The van der Waals surface area contributed by atoms with Crippen molar-refractivity contribution < 1.29 is 28.6 Å². The standard InChI is InChI=1S/C27H59NO4PS.H2O/c1-5-6-7-8-9-10-11-12-13-14-15-16-17-18-19-20-26-34-27-22-25-31-33(29)32-30-24-21-23-28(2,3)4;/h33H,5-27H2,1-4H3;1H2/q+1;/p-1. The highest BCUT2D eigenvalue weighted by atomic mass is 32.2. The molecule has 0 spiro atoms. The van der Waals surface area contributed by atoms with Crippen LogP contribution in [0.1, 0.15) is 122 Å². The zero-order valence-corrected chi connectivity index (χ0v) is 25.5. The van der Waals surface area contributed by atoms with Gasteiger partial charge in [0, 0.05) is 6.42 Å². The third-order valence-corrected chi connectivity index (χ3v) is 7.83. The van der Waals surface area contributed by atoms with E-state index < -0.39 is 8.25 Å². The minimum Gasteiger partial charge on any atom is -0.870 e. The molecule has 0 saturated carbocycles. The Balaban J connectivity index is 0. The van der Waals surface area contributed by atoms with Gasteiger partial charge < -0.3 is 14.5 Å². The zero-order chi connectivity index (χ0) is 25.2. The van der Waals surface area contributed by atoms with E-state index in [1.165, 1.54) is 108 Å². The Morgan fingerprint density at radius 1 is 0.629 bits per heavy atom. The van der Waals surface area contributed by atoms with E-state index in [9.17, 15) is 4.57 Å². The summed E-state index contributed by atoms with van der Waals surface area (Å²) in [6.45, 7) is 4.20. The normalized spacial score (nSPS) is 12.6. The predicted molar refractivity (Wildman–Crippen MR) is 153 cm³/mol. The molecule has 1 unspecified atom stereocenters. The summed E-state index contributed by atoms with van der Waals surface area (Å²) in [6, 6.07) is 0. The van der Waals surface area contributed by atoms with Gasteiger partial charge in [0.2, 0.25) is 0 Å². The van der Waals surface area contributed by atoms with Crippen LogP contribution in [-0.4, -0.2) is 62.4 Å². The molecule has 0 rings (SSSR count). The fourth-order valence-electron chi connectivity index (χ4n) is 3.88. The monoisotopic (exact) mass is 541 g/mol. The summed E-state index contributed by atoms with van der Waals surface area (Å²) in [7, 11) is 3.87. The molecule has 8 heteroatoms. The molecule has 0 aromatic rings. The van der Waals surface area contributed by atoms with Crippen molar-refractivity contribution in [3.05, 3.63) is 0 Å². The molecule has 0 fully saturated rings. The van der Waals surface area contributed by atoms with Crippen LogP contribution in [0.3, 0.4) is 0 Å². The topological polar surface area (TPSA) is 74.8 Å². The molecule has 0 aromatic carbocycles. The first-order chi connectivity index (χ1) is 16.5. The van der Waals surface area contributed by atoms with E-state index in [4.69, 9.17) is 14.1 Å². The predicted octanol–water partition coefficient (Wildman–Crippen LogP) is 8.65. The van der Waals surface area contributed by atoms with Gasteiger partial charge >= 0.3 is 8.25 Å². The van der Waals surface area contributed by atoms with Crippen LogP contribution in [0, 0.1) is 0 Å². The highest BCUT2D eigenvalue weighted by Crippen LogP contribution is 2.24. The van der Waals surface area contributed by atoms with Crippen LogP contribution >= 0.6 is 20.0 Å². The van der Waals surface area contributed by atoms with Gasteiger partial charge in [-0.05, 0) is 24.3 Å². The van der Waals surface area contributed by atoms with E-state index in [-0.39, 0.29) is 5.48 Å². The number of unbranched alkanes of at least 4 members (excludes halogenated alkanes) is 15. The van der Waals surface area contributed by atoms with Crippen LogP contribution in [-0.2, 0) is 18.7 Å². The number of rotatable bonds is 28. The summed E-state index contributed by atoms with van der Waals surface area (Å²) in [6.07, 6.45) is 24.4. The average molecular weight is 542 g/mol. The van der Waals surface area contributed by atoms with E-state index in [2.05, 4.69) is 28.1 Å². The molecule has 0 aliphatic heterocycles. The van der Waals surface area contributed by atoms with Crippen molar-refractivity contribution in [1.82, 2.24) is 0 Å². The van der Waals surface area contributed by atoms with Gasteiger partial charge in [0.25, 0.3) is 0 Å². The molecule has 0 amide bonds. The van der Waals surface area contributed by atoms with Crippen molar-refractivity contribution in [2.75, 3.05) is 52.4 Å². The van der Waals surface area contributed by atoms with Gasteiger partial charge in [-0.3, -0.25) is 4.57 Å². The number of quaternary nitrogens is 1. The van der Waals surface area contributed by atoms with Crippen LogP contribution in [0.15, 0.2) is 0 Å². The molecule has 0 saturated heterocycles. The highest BCUT2D eigenvalue weighted by Gasteiger charge is 2.07. The molecule has 0 aliphatic carbocycles. The molecule has 1 atom stereocenters.